The lowest BCUT2D eigenvalue weighted by Crippen LogP contribution is -2.46. The van der Waals surface area contributed by atoms with Gasteiger partial charge in [-0.3, -0.25) is 14.5 Å². The zero-order chi connectivity index (χ0) is 28.6. The Labute approximate surface area is 237 Å². The Hall–Kier alpha value is -3.18. The zero-order valence-corrected chi connectivity index (χ0v) is 23.3. The minimum Gasteiger partial charge on any atom is -0.494 e. The highest BCUT2D eigenvalue weighted by Crippen LogP contribution is 2.52. The number of aromatic nitrogens is 3. The molecule has 11 heteroatoms. The van der Waals surface area contributed by atoms with Gasteiger partial charge in [0.05, 0.1) is 29.9 Å². The van der Waals surface area contributed by atoms with Crippen molar-refractivity contribution >= 4 is 22.5 Å². The lowest BCUT2D eigenvalue weighted by molar-refractivity contribution is -0.138. The van der Waals surface area contributed by atoms with Crippen LogP contribution in [0.3, 0.4) is 0 Å². The quantitative estimate of drug-likeness (QED) is 0.389. The molecule has 0 bridgehead atoms. The number of carbonyl (C=O) groups is 1. The summed E-state index contributed by atoms with van der Waals surface area (Å²) in [6.45, 7) is 5.61. The van der Waals surface area contributed by atoms with Gasteiger partial charge in [0.25, 0.3) is 5.91 Å². The van der Waals surface area contributed by atoms with E-state index in [1.165, 1.54) is 58.8 Å². The fourth-order valence-corrected chi connectivity index (χ4v) is 7.03. The molecule has 1 amide bonds. The molecule has 1 saturated carbocycles. The molecule has 6 rings (SSSR count). The van der Waals surface area contributed by atoms with Crippen LogP contribution in [-0.4, -0.2) is 65.4 Å². The molecule has 0 unspecified atom stereocenters. The summed E-state index contributed by atoms with van der Waals surface area (Å²) >= 11 is 0. The first-order chi connectivity index (χ1) is 19.7. The van der Waals surface area contributed by atoms with E-state index in [9.17, 15) is 18.0 Å². The Balaban J connectivity index is 1.07. The number of benzene rings is 1. The maximum Gasteiger partial charge on any atom is 0.418 e. The number of pyridine rings is 1. The van der Waals surface area contributed by atoms with Crippen LogP contribution in [0.15, 0.2) is 36.7 Å². The van der Waals surface area contributed by atoms with Gasteiger partial charge < -0.3 is 20.3 Å². The predicted octanol–water partition coefficient (Wildman–Crippen LogP) is 5.52. The van der Waals surface area contributed by atoms with E-state index in [0.717, 1.165) is 55.6 Å². The van der Waals surface area contributed by atoms with Crippen LogP contribution in [0.5, 0.6) is 5.75 Å². The van der Waals surface area contributed by atoms with Crippen LogP contribution in [0.25, 0.3) is 10.9 Å². The number of hydrogen-bond donors (Lipinski definition) is 2. The third-order valence-electron chi connectivity index (χ3n) is 9.31. The first kappa shape index (κ1) is 28.0. The number of piperidine rings is 2. The van der Waals surface area contributed by atoms with Crippen LogP contribution in [0.1, 0.15) is 67.0 Å². The summed E-state index contributed by atoms with van der Waals surface area (Å²) in [5.74, 6) is 0.241. The largest absolute Gasteiger partial charge is 0.494 e. The third kappa shape index (κ3) is 5.92. The van der Waals surface area contributed by atoms with Crippen LogP contribution >= 0.6 is 0 Å². The van der Waals surface area contributed by atoms with Crippen molar-refractivity contribution in [3.05, 3.63) is 47.9 Å². The minimum absolute atomic E-state index is 0.264. The van der Waals surface area contributed by atoms with Crippen molar-refractivity contribution in [2.45, 2.75) is 57.2 Å². The van der Waals surface area contributed by atoms with Gasteiger partial charge in [0.2, 0.25) is 0 Å². The molecule has 1 aliphatic carbocycles. The van der Waals surface area contributed by atoms with Crippen LogP contribution in [-0.2, 0) is 6.18 Å². The fourth-order valence-electron chi connectivity index (χ4n) is 7.03. The van der Waals surface area contributed by atoms with Gasteiger partial charge in [-0.15, -0.1) is 0 Å². The third-order valence-corrected chi connectivity index (χ3v) is 9.31. The number of halogens is 3. The first-order valence-corrected chi connectivity index (χ1v) is 14.6. The van der Waals surface area contributed by atoms with Crippen molar-refractivity contribution in [2.24, 2.45) is 11.3 Å². The summed E-state index contributed by atoms with van der Waals surface area (Å²) in [4.78, 5) is 19.1. The SMILES string of the molecule is COc1cc2nn(C3CCN(CCC4CC5(CCNCC5)C4)CC3)cc2cc1NC(=O)c1ncccc1C(F)(F)F. The molecular weight excluding hydrogens is 533 g/mol. The van der Waals surface area contributed by atoms with E-state index < -0.39 is 23.3 Å². The summed E-state index contributed by atoms with van der Waals surface area (Å²) in [5, 5.41) is 11.6. The van der Waals surface area contributed by atoms with Gasteiger partial charge in [0.1, 0.15) is 11.4 Å². The number of nitrogens with zero attached hydrogens (tertiary/aromatic N) is 4. The van der Waals surface area contributed by atoms with Crippen LogP contribution < -0.4 is 15.4 Å². The van der Waals surface area contributed by atoms with Gasteiger partial charge >= 0.3 is 6.18 Å². The monoisotopic (exact) mass is 570 g/mol. The van der Waals surface area contributed by atoms with Crippen LogP contribution in [0.4, 0.5) is 18.9 Å². The normalized spacial score (nSPS) is 20.3. The Kier molecular flexibility index (Phi) is 7.67. The summed E-state index contributed by atoms with van der Waals surface area (Å²) < 4.78 is 47.7. The molecule has 3 aliphatic rings. The highest BCUT2D eigenvalue weighted by Gasteiger charge is 2.44. The van der Waals surface area contributed by atoms with Crippen molar-refractivity contribution in [1.29, 1.82) is 0 Å². The number of ether oxygens (including phenoxy) is 1. The van der Waals surface area contributed by atoms with Crippen LogP contribution in [0.2, 0.25) is 0 Å². The zero-order valence-electron chi connectivity index (χ0n) is 23.3. The van der Waals surface area contributed by atoms with Crippen molar-refractivity contribution < 1.29 is 22.7 Å². The van der Waals surface area contributed by atoms with Crippen molar-refractivity contribution in [1.82, 2.24) is 25.0 Å². The lowest BCUT2D eigenvalue weighted by atomic mass is 9.57. The molecule has 1 spiro atoms. The van der Waals surface area contributed by atoms with Gasteiger partial charge in [-0.25, -0.2) is 0 Å². The number of nitrogens with one attached hydrogen (secondary N) is 2. The number of alkyl halides is 3. The van der Waals surface area contributed by atoms with Gasteiger partial charge in [-0.1, -0.05) is 0 Å². The second-order valence-electron chi connectivity index (χ2n) is 12.0. The van der Waals surface area contributed by atoms with E-state index in [0.29, 0.717) is 16.7 Å². The summed E-state index contributed by atoms with van der Waals surface area (Å²) in [6.07, 6.45) is 7.22. The number of fused-ring (bicyclic) bond motifs is 1. The number of likely N-dealkylation sites (tertiary alicyclic amines) is 1. The Morgan fingerprint density at radius 1 is 1.20 bits per heavy atom. The molecule has 41 heavy (non-hydrogen) atoms. The summed E-state index contributed by atoms with van der Waals surface area (Å²) in [6, 6.07) is 5.66. The van der Waals surface area contributed by atoms with Crippen LogP contribution in [0, 0.1) is 11.3 Å². The number of methoxy groups -OCH3 is 1. The standard InChI is InChI=1S/C30H37F3N6O2/c1-41-26-16-24-21(15-25(26)36-28(40)27-23(30(31,32)33)3-2-9-35-27)19-39(37-24)22-5-13-38(14-6-22)12-4-20-17-29(18-20)7-10-34-11-8-29/h2-3,9,15-16,19-20,22,34H,4-8,10-14,17-18H2,1H3,(H,36,40). The number of anilines is 1. The molecule has 2 saturated heterocycles. The predicted molar refractivity (Wildman–Crippen MR) is 150 cm³/mol. The van der Waals surface area contributed by atoms with Crippen molar-refractivity contribution in [3.8, 4) is 5.75 Å². The summed E-state index contributed by atoms with van der Waals surface area (Å²) in [7, 11) is 1.45. The van der Waals surface area contributed by atoms with E-state index in [2.05, 4.69) is 20.5 Å². The molecule has 2 aromatic heterocycles. The maximum atomic E-state index is 13.4. The number of amides is 1. The number of rotatable bonds is 7. The van der Waals surface area contributed by atoms with Crippen molar-refractivity contribution in [2.75, 3.05) is 45.2 Å². The molecule has 3 fully saturated rings. The molecule has 0 atom stereocenters. The van der Waals surface area contributed by atoms with E-state index in [4.69, 9.17) is 9.84 Å². The van der Waals surface area contributed by atoms with Gasteiger partial charge in [-0.05, 0) is 94.1 Å². The minimum atomic E-state index is -4.70. The lowest BCUT2D eigenvalue weighted by Gasteiger charge is -2.51. The molecule has 220 valence electrons. The topological polar surface area (TPSA) is 84.3 Å². The maximum absolute atomic E-state index is 13.4. The van der Waals surface area contributed by atoms with Crippen molar-refractivity contribution in [3.63, 3.8) is 0 Å². The molecule has 1 aromatic carbocycles. The smallest absolute Gasteiger partial charge is 0.418 e. The Bertz CT molecular complexity index is 1380. The first-order valence-electron chi connectivity index (χ1n) is 14.6. The average molecular weight is 571 g/mol. The molecule has 3 aromatic rings. The van der Waals surface area contributed by atoms with E-state index in [1.54, 1.807) is 12.1 Å². The number of hydrogen-bond acceptors (Lipinski definition) is 6. The average Bonchev–Trinajstić information content (AvgIpc) is 3.37. The van der Waals surface area contributed by atoms with Gasteiger partial charge in [0.15, 0.2) is 0 Å². The Morgan fingerprint density at radius 3 is 2.66 bits per heavy atom. The van der Waals surface area contributed by atoms with E-state index >= 15 is 0 Å². The molecule has 2 aliphatic heterocycles. The molecule has 4 heterocycles. The number of carbonyl (C=O) groups excluding carboxylic acids is 1. The van der Waals surface area contributed by atoms with E-state index in [-0.39, 0.29) is 11.7 Å². The molecule has 2 N–H and O–H groups in total. The fraction of sp³-hybridized carbons (Fsp3) is 0.567. The van der Waals surface area contributed by atoms with E-state index in [1.807, 2.05) is 10.9 Å². The molecular formula is C30H37F3N6O2. The second kappa shape index (κ2) is 11.2. The van der Waals surface area contributed by atoms with Gasteiger partial charge in [-0.2, -0.15) is 18.3 Å². The molecule has 8 nitrogen and oxygen atoms in total. The second-order valence-corrected chi connectivity index (χ2v) is 12.0. The van der Waals surface area contributed by atoms with Gasteiger partial charge in [0, 0.05) is 36.9 Å². The highest BCUT2D eigenvalue weighted by atomic mass is 19.4. The molecule has 0 radical (unpaired) electrons. The Morgan fingerprint density at radius 2 is 1.95 bits per heavy atom. The highest BCUT2D eigenvalue weighted by molar-refractivity contribution is 6.06. The summed E-state index contributed by atoms with van der Waals surface area (Å²) in [5.41, 5.74) is -0.169.